The first-order chi connectivity index (χ1) is 11.2. The molecule has 2 N–H and O–H groups in total. The molecule has 6 nitrogen and oxygen atoms in total. The Kier molecular flexibility index (Phi) is 11.5. The second-order valence-corrected chi connectivity index (χ2v) is 9.69. The first-order valence-electron chi connectivity index (χ1n) is 9.02. The molecule has 0 aromatic heterocycles. The van der Waals surface area contributed by atoms with Gasteiger partial charge in [0, 0.05) is 32.1 Å². The molecule has 1 atom stereocenters. The number of sulfone groups is 1. The normalized spacial score (nSPS) is 19.2. The average Bonchev–Trinajstić information content (AvgIpc) is 2.51. The van der Waals surface area contributed by atoms with Crippen molar-refractivity contribution in [3.63, 3.8) is 0 Å². The summed E-state index contributed by atoms with van der Waals surface area (Å²) < 4.78 is 29.2. The predicted octanol–water partition coefficient (Wildman–Crippen LogP) is 2.58. The number of nitrogens with one attached hydrogen (secondary N) is 2. The van der Waals surface area contributed by atoms with E-state index < -0.39 is 14.6 Å². The summed E-state index contributed by atoms with van der Waals surface area (Å²) in [4.78, 5) is 4.60. The maximum Gasteiger partial charge on any atom is 0.191 e. The Balaban J connectivity index is 0.00000576. The zero-order chi connectivity index (χ0) is 18.2. The zero-order valence-corrected chi connectivity index (χ0v) is 19.4. The molecule has 1 saturated heterocycles. The number of hydrogen-bond acceptors (Lipinski definition) is 4. The van der Waals surface area contributed by atoms with Crippen LogP contribution in [-0.2, 0) is 14.6 Å². The third-order valence-electron chi connectivity index (χ3n) is 4.62. The maximum absolute atomic E-state index is 12.3. The highest BCUT2D eigenvalue weighted by Gasteiger charge is 2.42. The molecule has 0 radical (unpaired) electrons. The van der Waals surface area contributed by atoms with E-state index in [0.717, 1.165) is 19.4 Å². The SMILES string of the molecule is CCNC(=NCC1(S(C)(=O)=O)CCOCC1)NC(C)CCC(C)C.I. The molecule has 25 heavy (non-hydrogen) atoms. The lowest BCUT2D eigenvalue weighted by Crippen LogP contribution is -2.48. The van der Waals surface area contributed by atoms with Crippen LogP contribution >= 0.6 is 24.0 Å². The molecule has 1 heterocycles. The van der Waals surface area contributed by atoms with Gasteiger partial charge >= 0.3 is 0 Å². The van der Waals surface area contributed by atoms with Crippen molar-refractivity contribution in [3.8, 4) is 0 Å². The van der Waals surface area contributed by atoms with E-state index in [-0.39, 0.29) is 30.5 Å². The van der Waals surface area contributed by atoms with Gasteiger partial charge in [-0.25, -0.2) is 8.42 Å². The quantitative estimate of drug-likeness (QED) is 0.311. The number of ether oxygens (including phenoxy) is 1. The number of rotatable bonds is 8. The van der Waals surface area contributed by atoms with Crippen LogP contribution in [0, 0.1) is 5.92 Å². The van der Waals surface area contributed by atoms with Crippen molar-refractivity contribution in [2.24, 2.45) is 10.9 Å². The number of aliphatic imine (C=N–C) groups is 1. The number of hydrogen-bond donors (Lipinski definition) is 2. The molecule has 1 fully saturated rings. The lowest BCUT2D eigenvalue weighted by Gasteiger charge is -2.34. The molecule has 0 spiro atoms. The molecule has 1 unspecified atom stereocenters. The summed E-state index contributed by atoms with van der Waals surface area (Å²) >= 11 is 0. The summed E-state index contributed by atoms with van der Waals surface area (Å²) in [6.45, 7) is 10.6. The minimum Gasteiger partial charge on any atom is -0.381 e. The van der Waals surface area contributed by atoms with E-state index >= 15 is 0 Å². The van der Waals surface area contributed by atoms with Crippen molar-refractivity contribution < 1.29 is 13.2 Å². The third-order valence-corrected chi connectivity index (χ3v) is 6.73. The van der Waals surface area contributed by atoms with E-state index in [1.54, 1.807) is 0 Å². The van der Waals surface area contributed by atoms with Crippen LogP contribution in [0.3, 0.4) is 0 Å². The average molecular weight is 489 g/mol. The van der Waals surface area contributed by atoms with Gasteiger partial charge in [0.2, 0.25) is 0 Å². The van der Waals surface area contributed by atoms with Crippen molar-refractivity contribution in [2.45, 2.75) is 64.2 Å². The monoisotopic (exact) mass is 489 g/mol. The molecule has 0 bridgehead atoms. The van der Waals surface area contributed by atoms with Crippen LogP contribution in [0.15, 0.2) is 4.99 Å². The highest BCUT2D eigenvalue weighted by atomic mass is 127. The first-order valence-corrected chi connectivity index (χ1v) is 10.9. The summed E-state index contributed by atoms with van der Waals surface area (Å²) in [6, 6.07) is 0.300. The van der Waals surface area contributed by atoms with Gasteiger partial charge in [0.1, 0.15) is 0 Å². The number of nitrogens with zero attached hydrogens (tertiary/aromatic N) is 1. The Hall–Kier alpha value is -0.0900. The molecule has 1 aliphatic rings. The third kappa shape index (κ3) is 8.43. The zero-order valence-electron chi connectivity index (χ0n) is 16.3. The van der Waals surface area contributed by atoms with Crippen LogP contribution in [0.4, 0.5) is 0 Å². The van der Waals surface area contributed by atoms with Gasteiger partial charge in [0.05, 0.1) is 11.3 Å². The van der Waals surface area contributed by atoms with Gasteiger partial charge in [-0.05, 0) is 45.4 Å². The fraction of sp³-hybridized carbons (Fsp3) is 0.941. The van der Waals surface area contributed by atoms with E-state index in [1.807, 2.05) is 6.92 Å². The van der Waals surface area contributed by atoms with Gasteiger partial charge < -0.3 is 15.4 Å². The highest BCUT2D eigenvalue weighted by molar-refractivity contribution is 14.0. The fourth-order valence-corrected chi connectivity index (χ4v) is 4.03. The topological polar surface area (TPSA) is 79.8 Å². The van der Waals surface area contributed by atoms with Gasteiger partial charge in [-0.15, -0.1) is 24.0 Å². The first kappa shape index (κ1) is 24.9. The Morgan fingerprint density at radius 1 is 1.20 bits per heavy atom. The molecular weight excluding hydrogens is 453 g/mol. The van der Waals surface area contributed by atoms with Crippen molar-refractivity contribution in [1.82, 2.24) is 10.6 Å². The fourth-order valence-electron chi connectivity index (χ4n) is 2.82. The summed E-state index contributed by atoms with van der Waals surface area (Å²) in [5.74, 6) is 1.37. The van der Waals surface area contributed by atoms with Crippen LogP contribution in [0.1, 0.15) is 53.4 Å². The van der Waals surface area contributed by atoms with E-state index in [9.17, 15) is 8.42 Å². The Labute approximate surface area is 170 Å². The second-order valence-electron chi connectivity index (χ2n) is 7.28. The van der Waals surface area contributed by atoms with E-state index in [1.165, 1.54) is 6.26 Å². The van der Waals surface area contributed by atoms with Crippen LogP contribution < -0.4 is 10.6 Å². The van der Waals surface area contributed by atoms with Crippen LogP contribution in [0.2, 0.25) is 0 Å². The van der Waals surface area contributed by atoms with E-state index in [0.29, 0.717) is 44.0 Å². The lowest BCUT2D eigenvalue weighted by atomic mass is 9.99. The standard InChI is InChI=1S/C17H35N3O3S.HI/c1-6-18-16(20-15(4)8-7-14(2)3)19-13-17(24(5,21)22)9-11-23-12-10-17;/h14-15H,6-13H2,1-5H3,(H2,18,19,20);1H. The summed E-state index contributed by atoms with van der Waals surface area (Å²) in [5, 5.41) is 6.62. The molecule has 0 saturated carbocycles. The Bertz CT molecular complexity index is 503. The summed E-state index contributed by atoms with van der Waals surface area (Å²) in [7, 11) is -3.19. The van der Waals surface area contributed by atoms with Gasteiger partial charge in [-0.3, -0.25) is 4.99 Å². The molecule has 1 rings (SSSR count). The number of guanidine groups is 1. The molecule has 0 aromatic rings. The molecule has 0 aromatic carbocycles. The van der Waals surface area contributed by atoms with Crippen molar-refractivity contribution in [1.29, 1.82) is 0 Å². The van der Waals surface area contributed by atoms with Crippen molar-refractivity contribution >= 4 is 39.8 Å². The Morgan fingerprint density at radius 2 is 1.80 bits per heavy atom. The lowest BCUT2D eigenvalue weighted by molar-refractivity contribution is 0.0768. The summed E-state index contributed by atoms with van der Waals surface area (Å²) in [6.07, 6.45) is 4.56. The van der Waals surface area contributed by atoms with Gasteiger partial charge in [-0.2, -0.15) is 0 Å². The molecular formula is C17H36IN3O3S. The predicted molar refractivity (Wildman–Crippen MR) is 116 cm³/mol. The van der Waals surface area contributed by atoms with Gasteiger partial charge in [0.25, 0.3) is 0 Å². The minimum absolute atomic E-state index is 0. The number of halogens is 1. The second kappa shape index (κ2) is 11.6. The van der Waals surface area contributed by atoms with E-state index in [2.05, 4.69) is 36.4 Å². The highest BCUT2D eigenvalue weighted by Crippen LogP contribution is 2.29. The Morgan fingerprint density at radius 3 is 2.28 bits per heavy atom. The van der Waals surface area contributed by atoms with Crippen LogP contribution in [-0.4, -0.2) is 57.7 Å². The van der Waals surface area contributed by atoms with Crippen molar-refractivity contribution in [2.75, 3.05) is 32.6 Å². The molecule has 8 heteroatoms. The summed E-state index contributed by atoms with van der Waals surface area (Å²) in [5.41, 5.74) is 0. The van der Waals surface area contributed by atoms with Crippen LogP contribution in [0.5, 0.6) is 0 Å². The van der Waals surface area contributed by atoms with Gasteiger partial charge in [-0.1, -0.05) is 13.8 Å². The smallest absolute Gasteiger partial charge is 0.191 e. The molecule has 1 aliphatic heterocycles. The minimum atomic E-state index is -3.19. The molecule has 0 amide bonds. The van der Waals surface area contributed by atoms with Crippen molar-refractivity contribution in [3.05, 3.63) is 0 Å². The van der Waals surface area contributed by atoms with E-state index in [4.69, 9.17) is 4.74 Å². The molecule has 0 aliphatic carbocycles. The largest absolute Gasteiger partial charge is 0.381 e. The van der Waals surface area contributed by atoms with Crippen LogP contribution in [0.25, 0.3) is 0 Å². The van der Waals surface area contributed by atoms with Gasteiger partial charge in [0.15, 0.2) is 15.8 Å². The molecule has 150 valence electrons. The maximum atomic E-state index is 12.3.